The van der Waals surface area contributed by atoms with E-state index in [0.29, 0.717) is 14.7 Å². The van der Waals surface area contributed by atoms with Crippen LogP contribution in [0.1, 0.15) is 0 Å². The van der Waals surface area contributed by atoms with Crippen molar-refractivity contribution in [2.75, 3.05) is 0 Å². The summed E-state index contributed by atoms with van der Waals surface area (Å²) in [5, 5.41) is 10.7. The molecule has 0 saturated carbocycles. The van der Waals surface area contributed by atoms with Gasteiger partial charge in [0.05, 0.1) is 13.9 Å². The Labute approximate surface area is 123 Å². The van der Waals surface area contributed by atoms with Gasteiger partial charge in [-0.15, -0.1) is 0 Å². The van der Waals surface area contributed by atoms with Crippen LogP contribution in [0.2, 0.25) is 0 Å². The van der Waals surface area contributed by atoms with Crippen molar-refractivity contribution in [2.24, 2.45) is 0 Å². The highest BCUT2D eigenvalue weighted by molar-refractivity contribution is 9.11. The molecule has 8 heteroatoms. The molecule has 5 nitrogen and oxygen atoms in total. The Balaban J connectivity index is 2.38. The zero-order valence-corrected chi connectivity index (χ0v) is 12.3. The van der Waals surface area contributed by atoms with Gasteiger partial charge in [0.1, 0.15) is 5.75 Å². The number of rotatable bonds is 3. The van der Waals surface area contributed by atoms with Gasteiger partial charge >= 0.3 is 0 Å². The van der Waals surface area contributed by atoms with E-state index in [9.17, 15) is 14.5 Å². The monoisotopic (exact) mass is 390 g/mol. The SMILES string of the molecule is O=[N+]([O-])c1cc(Br)c(Oc2ccnc(F)c2)c(Br)c1. The molecule has 98 valence electrons. The molecule has 0 spiro atoms. The summed E-state index contributed by atoms with van der Waals surface area (Å²) in [6.07, 6.45) is 1.26. The molecule has 19 heavy (non-hydrogen) atoms. The molecule has 0 saturated heterocycles. The summed E-state index contributed by atoms with van der Waals surface area (Å²) >= 11 is 6.35. The lowest BCUT2D eigenvalue weighted by molar-refractivity contribution is -0.385. The number of ether oxygens (including phenoxy) is 1. The van der Waals surface area contributed by atoms with Crippen LogP contribution < -0.4 is 4.74 Å². The Morgan fingerprint density at radius 3 is 2.42 bits per heavy atom. The third-order valence-corrected chi connectivity index (χ3v) is 3.29. The minimum absolute atomic E-state index is 0.0907. The second kappa shape index (κ2) is 5.62. The first-order valence-electron chi connectivity index (χ1n) is 4.90. The van der Waals surface area contributed by atoms with Gasteiger partial charge in [-0.3, -0.25) is 10.1 Å². The zero-order valence-electron chi connectivity index (χ0n) is 9.14. The predicted molar refractivity (Wildman–Crippen MR) is 72.8 cm³/mol. The maximum absolute atomic E-state index is 12.9. The highest BCUT2D eigenvalue weighted by Gasteiger charge is 2.16. The lowest BCUT2D eigenvalue weighted by atomic mass is 10.3. The van der Waals surface area contributed by atoms with E-state index >= 15 is 0 Å². The van der Waals surface area contributed by atoms with E-state index in [1.54, 1.807) is 0 Å². The Bertz CT molecular complexity index is 629. The van der Waals surface area contributed by atoms with E-state index in [-0.39, 0.29) is 11.4 Å². The zero-order chi connectivity index (χ0) is 14.0. The number of aromatic nitrogens is 1. The van der Waals surface area contributed by atoms with Crippen molar-refractivity contribution >= 4 is 37.5 Å². The van der Waals surface area contributed by atoms with Crippen LogP contribution in [-0.2, 0) is 0 Å². The van der Waals surface area contributed by atoms with Crippen LogP contribution in [0.4, 0.5) is 10.1 Å². The summed E-state index contributed by atoms with van der Waals surface area (Å²) in [6.45, 7) is 0. The molecular formula is C11H5Br2FN2O3. The first-order valence-corrected chi connectivity index (χ1v) is 6.49. The first kappa shape index (κ1) is 13.9. The van der Waals surface area contributed by atoms with Crippen molar-refractivity contribution in [3.05, 3.63) is 55.5 Å². The van der Waals surface area contributed by atoms with Crippen LogP contribution in [0.25, 0.3) is 0 Å². The standard InChI is InChI=1S/C11H5Br2FN2O3/c12-8-3-6(16(17)18)4-9(13)11(8)19-7-1-2-15-10(14)5-7/h1-5H. The van der Waals surface area contributed by atoms with E-state index in [2.05, 4.69) is 36.8 Å². The summed E-state index contributed by atoms with van der Waals surface area (Å²) in [5.41, 5.74) is -0.0907. The number of pyridine rings is 1. The largest absolute Gasteiger partial charge is 0.455 e. The molecular weight excluding hydrogens is 387 g/mol. The van der Waals surface area contributed by atoms with Gasteiger partial charge in [0.15, 0.2) is 5.75 Å². The lowest BCUT2D eigenvalue weighted by Gasteiger charge is -2.09. The molecule has 0 fully saturated rings. The van der Waals surface area contributed by atoms with Gasteiger partial charge < -0.3 is 4.74 Å². The normalized spacial score (nSPS) is 10.3. The topological polar surface area (TPSA) is 65.3 Å². The van der Waals surface area contributed by atoms with Crippen LogP contribution in [0.5, 0.6) is 11.5 Å². The number of hydrogen-bond donors (Lipinski definition) is 0. The molecule has 0 aliphatic rings. The molecule has 2 rings (SSSR count). The molecule has 0 amide bonds. The third-order valence-electron chi connectivity index (χ3n) is 2.11. The second-order valence-electron chi connectivity index (χ2n) is 3.41. The van der Waals surface area contributed by atoms with Crippen LogP contribution in [0.15, 0.2) is 39.4 Å². The van der Waals surface area contributed by atoms with Crippen LogP contribution >= 0.6 is 31.9 Å². The van der Waals surface area contributed by atoms with Crippen molar-refractivity contribution in [2.45, 2.75) is 0 Å². The van der Waals surface area contributed by atoms with Crippen LogP contribution in [-0.4, -0.2) is 9.91 Å². The van der Waals surface area contributed by atoms with Gasteiger partial charge in [-0.05, 0) is 37.9 Å². The van der Waals surface area contributed by atoms with E-state index < -0.39 is 10.9 Å². The number of benzene rings is 1. The minimum Gasteiger partial charge on any atom is -0.455 e. The minimum atomic E-state index is -0.674. The molecule has 0 N–H and O–H groups in total. The molecule has 2 aromatic rings. The average Bonchev–Trinajstić information content (AvgIpc) is 2.33. The number of nitro groups is 1. The number of nitro benzene ring substituents is 1. The molecule has 0 aliphatic heterocycles. The Kier molecular flexibility index (Phi) is 4.11. The summed E-state index contributed by atoms with van der Waals surface area (Å²) in [4.78, 5) is 13.6. The fraction of sp³-hybridized carbons (Fsp3) is 0. The van der Waals surface area contributed by atoms with Crippen molar-refractivity contribution in [1.82, 2.24) is 4.98 Å². The molecule has 0 atom stereocenters. The average molecular weight is 392 g/mol. The molecule has 0 radical (unpaired) electrons. The van der Waals surface area contributed by atoms with E-state index in [1.165, 1.54) is 24.4 Å². The first-order chi connectivity index (χ1) is 8.97. The Morgan fingerprint density at radius 1 is 1.26 bits per heavy atom. The van der Waals surface area contributed by atoms with Gasteiger partial charge in [0.2, 0.25) is 5.95 Å². The fourth-order valence-corrected chi connectivity index (χ4v) is 2.64. The third kappa shape index (κ3) is 3.27. The van der Waals surface area contributed by atoms with Gasteiger partial charge in [-0.1, -0.05) is 0 Å². The van der Waals surface area contributed by atoms with Gasteiger partial charge in [0, 0.05) is 24.4 Å². The molecule has 1 aromatic heterocycles. The Hall–Kier alpha value is -1.54. The smallest absolute Gasteiger partial charge is 0.271 e. The number of non-ortho nitro benzene ring substituents is 1. The highest BCUT2D eigenvalue weighted by atomic mass is 79.9. The molecule has 0 bridgehead atoms. The maximum atomic E-state index is 12.9. The summed E-state index contributed by atoms with van der Waals surface area (Å²) in [5.74, 6) is -0.120. The van der Waals surface area contributed by atoms with Gasteiger partial charge in [0.25, 0.3) is 5.69 Å². The summed E-state index contributed by atoms with van der Waals surface area (Å²) in [6, 6.07) is 5.19. The van der Waals surface area contributed by atoms with E-state index in [1.807, 2.05) is 0 Å². The summed E-state index contributed by atoms with van der Waals surface area (Å²) in [7, 11) is 0. The van der Waals surface area contributed by atoms with Crippen molar-refractivity contribution in [3.8, 4) is 11.5 Å². The van der Waals surface area contributed by atoms with Crippen molar-refractivity contribution in [3.63, 3.8) is 0 Å². The van der Waals surface area contributed by atoms with Crippen LogP contribution in [0, 0.1) is 16.1 Å². The number of halogens is 3. The number of nitrogens with zero attached hydrogens (tertiary/aromatic N) is 2. The van der Waals surface area contributed by atoms with Crippen molar-refractivity contribution < 1.29 is 14.1 Å². The van der Waals surface area contributed by atoms with Crippen molar-refractivity contribution in [1.29, 1.82) is 0 Å². The Morgan fingerprint density at radius 2 is 1.89 bits per heavy atom. The molecule has 1 heterocycles. The highest BCUT2D eigenvalue weighted by Crippen LogP contribution is 2.39. The number of hydrogen-bond acceptors (Lipinski definition) is 4. The molecule has 1 aromatic carbocycles. The predicted octanol–water partition coefficient (Wildman–Crippen LogP) is 4.45. The lowest BCUT2D eigenvalue weighted by Crippen LogP contribution is -1.92. The maximum Gasteiger partial charge on any atom is 0.271 e. The van der Waals surface area contributed by atoms with E-state index in [4.69, 9.17) is 4.74 Å². The van der Waals surface area contributed by atoms with E-state index in [0.717, 1.165) is 6.07 Å². The molecule has 0 aliphatic carbocycles. The quantitative estimate of drug-likeness (QED) is 0.440. The molecule has 0 unspecified atom stereocenters. The fourth-order valence-electron chi connectivity index (χ4n) is 1.32. The van der Waals surface area contributed by atoms with Gasteiger partial charge in [-0.2, -0.15) is 4.39 Å². The summed E-state index contributed by atoms with van der Waals surface area (Å²) < 4.78 is 19.2. The van der Waals surface area contributed by atoms with Gasteiger partial charge in [-0.25, -0.2) is 4.98 Å². The second-order valence-corrected chi connectivity index (χ2v) is 5.12. The van der Waals surface area contributed by atoms with Crippen LogP contribution in [0.3, 0.4) is 0 Å².